The molecule has 6 nitrogen and oxygen atoms in total. The van der Waals surface area contributed by atoms with Crippen molar-refractivity contribution in [3.05, 3.63) is 93.4 Å². The Hall–Kier alpha value is -2.94. The maximum absolute atomic E-state index is 4.94. The van der Waals surface area contributed by atoms with E-state index >= 15 is 0 Å². The van der Waals surface area contributed by atoms with E-state index in [1.807, 2.05) is 24.3 Å². The minimum absolute atomic E-state index is 0.0807. The number of aromatic nitrogens is 5. The molecule has 0 aliphatic heterocycles. The number of aromatic amines is 1. The first-order chi connectivity index (χ1) is 15.2. The van der Waals surface area contributed by atoms with E-state index in [4.69, 9.17) is 4.98 Å². The van der Waals surface area contributed by atoms with Crippen molar-refractivity contribution in [1.82, 2.24) is 30.9 Å². The van der Waals surface area contributed by atoms with E-state index in [9.17, 15) is 0 Å². The lowest BCUT2D eigenvalue weighted by atomic mass is 10.0. The van der Waals surface area contributed by atoms with Crippen LogP contribution in [0, 0.1) is 0 Å². The van der Waals surface area contributed by atoms with Crippen LogP contribution in [-0.4, -0.2) is 25.6 Å². The van der Waals surface area contributed by atoms with E-state index < -0.39 is 0 Å². The van der Waals surface area contributed by atoms with Gasteiger partial charge in [-0.15, -0.1) is 21.5 Å². The van der Waals surface area contributed by atoms with Gasteiger partial charge < -0.3 is 0 Å². The van der Waals surface area contributed by atoms with Crippen molar-refractivity contribution in [3.8, 4) is 11.4 Å². The van der Waals surface area contributed by atoms with Crippen molar-refractivity contribution in [2.45, 2.75) is 19.0 Å². The Labute approximate surface area is 191 Å². The number of nitrogens with zero attached hydrogens (tertiary/aromatic N) is 4. The zero-order valence-electron chi connectivity index (χ0n) is 16.7. The number of fused-ring (bicyclic) bond motifs is 1. The highest BCUT2D eigenvalue weighted by Crippen LogP contribution is 2.33. The molecule has 0 bridgehead atoms. The summed E-state index contributed by atoms with van der Waals surface area (Å²) in [6.07, 6.45) is 0. The normalized spacial score (nSPS) is 13.4. The number of hydrogen-bond acceptors (Lipinski definition) is 6. The zero-order chi connectivity index (χ0) is 21.2. The molecular formula is C23H19BrN6S. The van der Waals surface area contributed by atoms with Gasteiger partial charge in [-0.1, -0.05) is 58.4 Å². The van der Waals surface area contributed by atoms with Crippen LogP contribution in [0.1, 0.15) is 35.1 Å². The Kier molecular flexibility index (Phi) is 5.59. The molecule has 5 rings (SSSR count). The molecule has 2 N–H and O–H groups in total. The highest BCUT2D eigenvalue weighted by molar-refractivity contribution is 9.10. The molecule has 0 amide bonds. The molecule has 8 heteroatoms. The summed E-state index contributed by atoms with van der Waals surface area (Å²) in [7, 11) is 0. The second kappa shape index (κ2) is 8.66. The number of benzene rings is 3. The van der Waals surface area contributed by atoms with Gasteiger partial charge in [0.05, 0.1) is 16.3 Å². The average molecular weight is 491 g/mol. The van der Waals surface area contributed by atoms with Crippen molar-refractivity contribution in [2.24, 2.45) is 0 Å². The zero-order valence-corrected chi connectivity index (χ0v) is 19.1. The van der Waals surface area contributed by atoms with Crippen molar-refractivity contribution < 1.29 is 0 Å². The molecular weight excluding hydrogens is 472 g/mol. The first-order valence-corrected chi connectivity index (χ1v) is 11.5. The summed E-state index contributed by atoms with van der Waals surface area (Å²) < 4.78 is 2.24. The maximum atomic E-state index is 4.94. The van der Waals surface area contributed by atoms with Crippen molar-refractivity contribution >= 4 is 37.5 Å². The number of hydrogen-bond donors (Lipinski definition) is 2. The molecule has 2 unspecified atom stereocenters. The lowest BCUT2D eigenvalue weighted by molar-refractivity contribution is 0.515. The molecule has 0 fully saturated rings. The molecule has 5 aromatic rings. The molecule has 0 saturated carbocycles. The summed E-state index contributed by atoms with van der Waals surface area (Å²) in [5.41, 5.74) is 4.24. The fraction of sp³-hybridized carbons (Fsp3) is 0.130. The summed E-state index contributed by atoms with van der Waals surface area (Å²) >= 11 is 5.23. The van der Waals surface area contributed by atoms with Gasteiger partial charge in [0.15, 0.2) is 0 Å². The number of halogens is 1. The Balaban J connectivity index is 1.55. The number of thiazole rings is 1. The Morgan fingerprint density at radius 1 is 0.968 bits per heavy atom. The second-order valence-electron chi connectivity index (χ2n) is 7.25. The number of H-pyrrole nitrogens is 1. The smallest absolute Gasteiger partial charge is 0.204 e. The van der Waals surface area contributed by atoms with E-state index in [0.717, 1.165) is 26.1 Å². The lowest BCUT2D eigenvalue weighted by Crippen LogP contribution is -2.25. The van der Waals surface area contributed by atoms with Crippen molar-refractivity contribution in [2.75, 3.05) is 0 Å². The van der Waals surface area contributed by atoms with Gasteiger partial charge in [-0.3, -0.25) is 5.32 Å². The van der Waals surface area contributed by atoms with Crippen LogP contribution >= 0.6 is 27.3 Å². The minimum atomic E-state index is -0.0807. The van der Waals surface area contributed by atoms with Gasteiger partial charge in [0.25, 0.3) is 0 Å². The van der Waals surface area contributed by atoms with Gasteiger partial charge in [0.1, 0.15) is 5.01 Å². The standard InChI is InChI=1S/C23H19BrN6S/c1-14(15-9-11-18(24)12-10-15)25-21(23-26-19-7-2-3-8-20(19)31-23)16-5-4-6-17(13-16)22-27-29-30-28-22/h2-14,21,25H,1H3,(H,27,28,29,30). The minimum Gasteiger partial charge on any atom is -0.298 e. The lowest BCUT2D eigenvalue weighted by Gasteiger charge is -2.23. The van der Waals surface area contributed by atoms with Gasteiger partial charge in [0.2, 0.25) is 5.82 Å². The largest absolute Gasteiger partial charge is 0.298 e. The van der Waals surface area contributed by atoms with Gasteiger partial charge in [-0.25, -0.2) is 4.98 Å². The quantitative estimate of drug-likeness (QED) is 0.320. The monoisotopic (exact) mass is 490 g/mol. The number of rotatable bonds is 6. The highest BCUT2D eigenvalue weighted by Gasteiger charge is 2.22. The molecule has 3 aromatic carbocycles. The molecule has 154 valence electrons. The highest BCUT2D eigenvalue weighted by atomic mass is 79.9. The fourth-order valence-electron chi connectivity index (χ4n) is 3.56. The predicted octanol–water partition coefficient (Wildman–Crippen LogP) is 5.68. The fourth-order valence-corrected chi connectivity index (χ4v) is 4.88. The molecule has 0 radical (unpaired) electrons. The van der Waals surface area contributed by atoms with Gasteiger partial charge in [0, 0.05) is 16.1 Å². The van der Waals surface area contributed by atoms with Crippen molar-refractivity contribution in [1.29, 1.82) is 0 Å². The van der Waals surface area contributed by atoms with E-state index in [1.54, 1.807) is 11.3 Å². The van der Waals surface area contributed by atoms with Gasteiger partial charge in [-0.05, 0) is 53.6 Å². The molecule has 31 heavy (non-hydrogen) atoms. The summed E-state index contributed by atoms with van der Waals surface area (Å²) in [6.45, 7) is 2.17. The Bertz CT molecular complexity index is 1270. The van der Waals surface area contributed by atoms with Crippen LogP contribution in [0.2, 0.25) is 0 Å². The molecule has 0 saturated heterocycles. The number of nitrogens with one attached hydrogen (secondary N) is 2. The number of tetrazole rings is 1. The predicted molar refractivity (Wildman–Crippen MR) is 127 cm³/mol. The third kappa shape index (κ3) is 4.27. The molecule has 2 atom stereocenters. The first-order valence-electron chi connectivity index (χ1n) is 9.88. The molecule has 2 aromatic heterocycles. The van der Waals surface area contributed by atoms with Crippen LogP contribution in [0.5, 0.6) is 0 Å². The van der Waals surface area contributed by atoms with Crippen molar-refractivity contribution in [3.63, 3.8) is 0 Å². The first kappa shape index (κ1) is 20.0. The van der Waals surface area contributed by atoms with E-state index in [0.29, 0.717) is 5.82 Å². The second-order valence-corrected chi connectivity index (χ2v) is 9.23. The van der Waals surface area contributed by atoms with Crippen LogP contribution in [0.15, 0.2) is 77.3 Å². The van der Waals surface area contributed by atoms with E-state index in [2.05, 4.69) is 97.3 Å². The Morgan fingerprint density at radius 3 is 2.58 bits per heavy atom. The summed E-state index contributed by atoms with van der Waals surface area (Å²) in [5.74, 6) is 0.575. The van der Waals surface area contributed by atoms with Crippen LogP contribution in [0.25, 0.3) is 21.6 Å². The van der Waals surface area contributed by atoms with Gasteiger partial charge in [-0.2, -0.15) is 5.21 Å². The third-order valence-corrected chi connectivity index (χ3v) is 6.80. The summed E-state index contributed by atoms with van der Waals surface area (Å²) in [6, 6.07) is 24.9. The molecule has 0 aliphatic carbocycles. The maximum Gasteiger partial charge on any atom is 0.204 e. The summed E-state index contributed by atoms with van der Waals surface area (Å²) in [5, 5.41) is 19.3. The van der Waals surface area contributed by atoms with E-state index in [-0.39, 0.29) is 12.1 Å². The van der Waals surface area contributed by atoms with Crippen LogP contribution < -0.4 is 5.32 Å². The van der Waals surface area contributed by atoms with Crippen LogP contribution in [-0.2, 0) is 0 Å². The Morgan fingerprint density at radius 2 is 1.81 bits per heavy atom. The molecule has 2 heterocycles. The van der Waals surface area contributed by atoms with Gasteiger partial charge >= 0.3 is 0 Å². The topological polar surface area (TPSA) is 79.4 Å². The molecule has 0 spiro atoms. The third-order valence-electron chi connectivity index (χ3n) is 5.17. The average Bonchev–Trinajstić information content (AvgIpc) is 3.48. The number of para-hydroxylation sites is 1. The SMILES string of the molecule is CC(NC(c1cccc(-c2nn[nH]n2)c1)c1nc2ccccc2s1)c1ccc(Br)cc1. The summed E-state index contributed by atoms with van der Waals surface area (Å²) in [4.78, 5) is 4.94. The molecule has 0 aliphatic rings. The van der Waals surface area contributed by atoms with Crippen LogP contribution in [0.4, 0.5) is 0 Å². The van der Waals surface area contributed by atoms with Crippen LogP contribution in [0.3, 0.4) is 0 Å². The van der Waals surface area contributed by atoms with E-state index in [1.165, 1.54) is 10.3 Å².